The number of nitrogens with zero attached hydrogens (tertiary/aromatic N) is 2. The van der Waals surface area contributed by atoms with Crippen molar-refractivity contribution < 1.29 is 14.6 Å². The van der Waals surface area contributed by atoms with Gasteiger partial charge in [-0.05, 0) is 50.1 Å². The molecule has 26 heavy (non-hydrogen) atoms. The zero-order valence-corrected chi connectivity index (χ0v) is 16.4. The minimum Gasteiger partial charge on any atom is -0.479 e. The number of ether oxygens (including phenoxy) is 1. The number of aliphatic carboxylic acids is 1. The van der Waals surface area contributed by atoms with Gasteiger partial charge < -0.3 is 9.84 Å². The third-order valence-electron chi connectivity index (χ3n) is 3.95. The highest BCUT2D eigenvalue weighted by molar-refractivity contribution is 7.98. The average molecular weight is 375 g/mol. The number of aryl methyl sites for hydroxylation is 2. The maximum absolute atomic E-state index is 10.9. The zero-order chi connectivity index (χ0) is 18.9. The highest BCUT2D eigenvalue weighted by Crippen LogP contribution is 2.28. The van der Waals surface area contributed by atoms with Crippen molar-refractivity contribution >= 4 is 17.7 Å². The first-order chi connectivity index (χ1) is 12.5. The molecule has 2 aromatic rings. The van der Waals surface area contributed by atoms with Gasteiger partial charge in [0, 0.05) is 23.3 Å². The number of thioether (sulfide) groups is 1. The van der Waals surface area contributed by atoms with Crippen molar-refractivity contribution in [3.05, 3.63) is 47.5 Å². The predicted molar refractivity (Wildman–Crippen MR) is 104 cm³/mol. The molecule has 2 rings (SSSR count). The summed E-state index contributed by atoms with van der Waals surface area (Å²) in [6, 6.07) is 7.74. The van der Waals surface area contributed by atoms with Crippen molar-refractivity contribution in [2.45, 2.75) is 63.2 Å². The van der Waals surface area contributed by atoms with E-state index in [1.165, 1.54) is 19.8 Å². The van der Waals surface area contributed by atoms with Crippen LogP contribution in [-0.4, -0.2) is 27.1 Å². The van der Waals surface area contributed by atoms with Crippen LogP contribution in [0.2, 0.25) is 0 Å². The minimum absolute atomic E-state index is 0.601. The van der Waals surface area contributed by atoms with E-state index >= 15 is 0 Å². The quantitative estimate of drug-likeness (QED) is 0.481. The first-order valence-electron chi connectivity index (χ1n) is 8.93. The van der Waals surface area contributed by atoms with E-state index < -0.39 is 12.1 Å². The Bertz CT molecular complexity index is 737. The van der Waals surface area contributed by atoms with Crippen LogP contribution in [0.4, 0.5) is 0 Å². The lowest BCUT2D eigenvalue weighted by Gasteiger charge is -2.13. The highest BCUT2D eigenvalue weighted by atomic mass is 32.2. The molecule has 0 radical (unpaired) electrons. The molecule has 0 saturated heterocycles. The van der Waals surface area contributed by atoms with Gasteiger partial charge in [0.05, 0.1) is 5.69 Å². The van der Waals surface area contributed by atoms with Crippen LogP contribution in [0.1, 0.15) is 50.2 Å². The van der Waals surface area contributed by atoms with Gasteiger partial charge in [-0.15, -0.1) is 11.8 Å². The second-order valence-corrected chi connectivity index (χ2v) is 7.28. The molecule has 0 saturated carbocycles. The largest absolute Gasteiger partial charge is 0.479 e. The smallest absolute Gasteiger partial charge is 0.344 e. The molecule has 1 unspecified atom stereocenters. The van der Waals surface area contributed by atoms with E-state index in [9.17, 15) is 4.79 Å². The Morgan fingerprint density at radius 1 is 1.31 bits per heavy atom. The Morgan fingerprint density at radius 2 is 2.12 bits per heavy atom. The van der Waals surface area contributed by atoms with Crippen LogP contribution < -0.4 is 4.74 Å². The fraction of sp³-hybridized carbons (Fsp3) is 0.450. The number of benzene rings is 1. The highest BCUT2D eigenvalue weighted by Gasteiger charge is 2.14. The van der Waals surface area contributed by atoms with Gasteiger partial charge in [0.15, 0.2) is 6.10 Å². The monoisotopic (exact) mass is 374 g/mol. The summed E-state index contributed by atoms with van der Waals surface area (Å²) in [6.07, 6.45) is 5.43. The van der Waals surface area contributed by atoms with Gasteiger partial charge >= 0.3 is 5.97 Å². The van der Waals surface area contributed by atoms with Crippen molar-refractivity contribution in [1.82, 2.24) is 9.97 Å². The van der Waals surface area contributed by atoms with Crippen molar-refractivity contribution in [2.24, 2.45) is 0 Å². The molecule has 0 aliphatic heterocycles. The molecule has 5 nitrogen and oxygen atoms in total. The van der Waals surface area contributed by atoms with E-state index in [1.807, 2.05) is 37.4 Å². The lowest BCUT2D eigenvalue weighted by Crippen LogP contribution is -2.23. The van der Waals surface area contributed by atoms with E-state index in [4.69, 9.17) is 9.84 Å². The third kappa shape index (κ3) is 6.33. The standard InChI is InChI=1S/C20H26N2O3S/c1-4-5-6-7-19-21-11-10-16(22-19)13-26-17-8-9-18(14(2)12-17)25-15(3)20(23)24/h8-12,15H,4-7,13H2,1-3H3,(H,23,24). The molecular weight excluding hydrogens is 348 g/mol. The van der Waals surface area contributed by atoms with Crippen molar-refractivity contribution in [2.75, 3.05) is 0 Å². The number of hydrogen-bond donors (Lipinski definition) is 1. The van der Waals surface area contributed by atoms with Gasteiger partial charge in [0.25, 0.3) is 0 Å². The molecule has 1 N–H and O–H groups in total. The number of unbranched alkanes of at least 4 members (excludes halogenated alkanes) is 2. The molecule has 140 valence electrons. The van der Waals surface area contributed by atoms with Gasteiger partial charge in [-0.3, -0.25) is 0 Å². The molecule has 1 atom stereocenters. The molecule has 1 heterocycles. The fourth-order valence-corrected chi connectivity index (χ4v) is 3.32. The summed E-state index contributed by atoms with van der Waals surface area (Å²) in [5.41, 5.74) is 1.94. The number of rotatable bonds is 10. The van der Waals surface area contributed by atoms with E-state index in [-0.39, 0.29) is 0 Å². The van der Waals surface area contributed by atoms with Crippen molar-refractivity contribution in [1.29, 1.82) is 0 Å². The third-order valence-corrected chi connectivity index (χ3v) is 4.98. The van der Waals surface area contributed by atoms with Gasteiger partial charge in [-0.1, -0.05) is 19.8 Å². The minimum atomic E-state index is -0.971. The van der Waals surface area contributed by atoms with E-state index in [2.05, 4.69) is 16.9 Å². The molecule has 0 bridgehead atoms. The summed E-state index contributed by atoms with van der Waals surface area (Å²) < 4.78 is 5.46. The molecule has 0 spiro atoms. The van der Waals surface area contributed by atoms with E-state index in [0.29, 0.717) is 5.75 Å². The lowest BCUT2D eigenvalue weighted by molar-refractivity contribution is -0.144. The van der Waals surface area contributed by atoms with E-state index in [1.54, 1.807) is 11.8 Å². The molecule has 6 heteroatoms. The number of carbonyl (C=O) groups is 1. The molecule has 0 amide bonds. The molecule has 0 fully saturated rings. The number of carboxylic acid groups (broad SMARTS) is 1. The number of aromatic nitrogens is 2. The summed E-state index contributed by atoms with van der Waals surface area (Å²) in [6.45, 7) is 5.64. The Balaban J connectivity index is 1.94. The molecule has 0 aliphatic carbocycles. The van der Waals surface area contributed by atoms with Crippen molar-refractivity contribution in [3.63, 3.8) is 0 Å². The van der Waals surface area contributed by atoms with Crippen LogP contribution in [0, 0.1) is 6.92 Å². The summed E-state index contributed by atoms with van der Waals surface area (Å²) in [5.74, 6) is 1.32. The molecular formula is C20H26N2O3S. The van der Waals surface area contributed by atoms with Gasteiger partial charge in [-0.25, -0.2) is 14.8 Å². The Kier molecular flexibility index (Phi) is 7.91. The van der Waals surface area contributed by atoms with Crippen LogP contribution >= 0.6 is 11.8 Å². The Hall–Kier alpha value is -2.08. The fourth-order valence-electron chi connectivity index (χ4n) is 2.42. The SMILES string of the molecule is CCCCCc1nccc(CSc2ccc(OC(C)C(=O)O)c(C)c2)n1. The topological polar surface area (TPSA) is 72.3 Å². The zero-order valence-electron chi connectivity index (χ0n) is 15.6. The maximum atomic E-state index is 10.9. The van der Waals surface area contributed by atoms with Crippen LogP contribution in [0.25, 0.3) is 0 Å². The first kappa shape index (κ1) is 20.2. The molecule has 0 aliphatic rings. The second kappa shape index (κ2) is 10.2. The number of hydrogen-bond acceptors (Lipinski definition) is 5. The molecule has 1 aromatic heterocycles. The summed E-state index contributed by atoms with van der Waals surface area (Å²) in [7, 11) is 0. The predicted octanol–water partition coefficient (Wildman–Crippen LogP) is 4.66. The molecule has 1 aromatic carbocycles. The van der Waals surface area contributed by atoms with Gasteiger partial charge in [0.1, 0.15) is 11.6 Å². The van der Waals surface area contributed by atoms with Crippen molar-refractivity contribution in [3.8, 4) is 5.75 Å². The maximum Gasteiger partial charge on any atom is 0.344 e. The van der Waals surface area contributed by atoms with Crippen LogP contribution in [-0.2, 0) is 17.0 Å². The number of carboxylic acids is 1. The van der Waals surface area contributed by atoms with E-state index in [0.717, 1.165) is 40.6 Å². The Labute approximate surface area is 159 Å². The lowest BCUT2D eigenvalue weighted by atomic mass is 10.2. The van der Waals surface area contributed by atoms with Gasteiger partial charge in [-0.2, -0.15) is 0 Å². The average Bonchev–Trinajstić information content (AvgIpc) is 2.62. The normalized spacial score (nSPS) is 12.0. The Morgan fingerprint density at radius 3 is 2.81 bits per heavy atom. The van der Waals surface area contributed by atoms with Gasteiger partial charge in [0.2, 0.25) is 0 Å². The van der Waals surface area contributed by atoms with Crippen LogP contribution in [0.5, 0.6) is 5.75 Å². The summed E-state index contributed by atoms with van der Waals surface area (Å²) in [5, 5.41) is 8.95. The van der Waals surface area contributed by atoms with Crippen LogP contribution in [0.15, 0.2) is 35.4 Å². The first-order valence-corrected chi connectivity index (χ1v) is 9.92. The second-order valence-electron chi connectivity index (χ2n) is 6.24. The summed E-state index contributed by atoms with van der Waals surface area (Å²) in [4.78, 5) is 21.0. The summed E-state index contributed by atoms with van der Waals surface area (Å²) >= 11 is 1.70. The van der Waals surface area contributed by atoms with Crippen LogP contribution in [0.3, 0.4) is 0 Å².